The second kappa shape index (κ2) is 7.56. The number of carbonyl (C=O) groups excluding carboxylic acids is 1. The van der Waals surface area contributed by atoms with Gasteiger partial charge in [-0.3, -0.25) is 14.9 Å². The number of pyridine rings is 1. The Hall–Kier alpha value is -3.55. The molecule has 2 N–H and O–H groups in total. The van der Waals surface area contributed by atoms with Crippen LogP contribution in [-0.4, -0.2) is 42.4 Å². The number of nitrogens with one attached hydrogen (secondary N) is 2. The Morgan fingerprint density at radius 2 is 1.73 bits per heavy atom. The van der Waals surface area contributed by atoms with Crippen LogP contribution in [0.25, 0.3) is 11.4 Å². The van der Waals surface area contributed by atoms with Crippen LogP contribution < -0.4 is 19.5 Å². The Bertz CT molecular complexity index is 884. The second-order valence-corrected chi connectivity index (χ2v) is 5.25. The van der Waals surface area contributed by atoms with Crippen molar-refractivity contribution >= 4 is 11.6 Å². The van der Waals surface area contributed by atoms with Crippen LogP contribution in [0.5, 0.6) is 17.2 Å². The van der Waals surface area contributed by atoms with Gasteiger partial charge in [0, 0.05) is 24.0 Å². The van der Waals surface area contributed by atoms with Crippen molar-refractivity contribution in [3.8, 4) is 28.6 Å². The zero-order valence-electron chi connectivity index (χ0n) is 14.6. The third kappa shape index (κ3) is 3.44. The Morgan fingerprint density at radius 1 is 1.00 bits per heavy atom. The van der Waals surface area contributed by atoms with E-state index in [1.807, 2.05) is 18.2 Å². The van der Waals surface area contributed by atoms with E-state index in [0.29, 0.717) is 40.0 Å². The monoisotopic (exact) mass is 354 g/mol. The third-order valence-electron chi connectivity index (χ3n) is 3.67. The number of aromatic nitrogens is 3. The summed E-state index contributed by atoms with van der Waals surface area (Å²) in [5, 5.41) is 9.62. The maximum atomic E-state index is 12.5. The maximum absolute atomic E-state index is 12.5. The van der Waals surface area contributed by atoms with Crippen LogP contribution in [0.3, 0.4) is 0 Å². The van der Waals surface area contributed by atoms with Crippen molar-refractivity contribution in [3.05, 3.63) is 48.3 Å². The summed E-state index contributed by atoms with van der Waals surface area (Å²) in [6.07, 6.45) is 1.67. The van der Waals surface area contributed by atoms with Gasteiger partial charge in [0.1, 0.15) is 11.4 Å². The van der Waals surface area contributed by atoms with Crippen molar-refractivity contribution in [2.75, 3.05) is 26.6 Å². The molecule has 1 amide bonds. The van der Waals surface area contributed by atoms with Crippen LogP contribution in [0.15, 0.2) is 42.6 Å². The molecule has 0 unspecified atom stereocenters. The van der Waals surface area contributed by atoms with Crippen LogP contribution in [0.2, 0.25) is 0 Å². The topological polar surface area (TPSA) is 98.4 Å². The van der Waals surface area contributed by atoms with Gasteiger partial charge in [0.2, 0.25) is 5.75 Å². The zero-order chi connectivity index (χ0) is 18.5. The summed E-state index contributed by atoms with van der Waals surface area (Å²) < 4.78 is 15.8. The lowest BCUT2D eigenvalue weighted by Crippen LogP contribution is -2.12. The molecule has 2 heterocycles. The van der Waals surface area contributed by atoms with E-state index in [2.05, 4.69) is 20.5 Å². The average molecular weight is 354 g/mol. The lowest BCUT2D eigenvalue weighted by Gasteiger charge is -2.14. The van der Waals surface area contributed by atoms with E-state index in [9.17, 15) is 4.79 Å². The van der Waals surface area contributed by atoms with Gasteiger partial charge in [-0.2, -0.15) is 5.10 Å². The first-order valence-corrected chi connectivity index (χ1v) is 7.74. The molecule has 26 heavy (non-hydrogen) atoms. The van der Waals surface area contributed by atoms with Crippen LogP contribution in [0.1, 0.15) is 10.5 Å². The number of hydrogen-bond acceptors (Lipinski definition) is 6. The Labute approximate surface area is 150 Å². The van der Waals surface area contributed by atoms with Crippen molar-refractivity contribution < 1.29 is 19.0 Å². The van der Waals surface area contributed by atoms with Gasteiger partial charge in [-0.1, -0.05) is 6.07 Å². The molecule has 3 aromatic rings. The zero-order valence-corrected chi connectivity index (χ0v) is 14.6. The van der Waals surface area contributed by atoms with E-state index in [1.165, 1.54) is 21.3 Å². The van der Waals surface area contributed by atoms with Crippen LogP contribution in [0, 0.1) is 0 Å². The summed E-state index contributed by atoms with van der Waals surface area (Å²) in [5.74, 6) is 0.989. The quantitative estimate of drug-likeness (QED) is 0.706. The number of nitrogens with zero attached hydrogens (tertiary/aromatic N) is 2. The van der Waals surface area contributed by atoms with E-state index in [1.54, 1.807) is 24.4 Å². The molecule has 0 fully saturated rings. The molecule has 0 aliphatic heterocycles. The Balaban J connectivity index is 1.83. The van der Waals surface area contributed by atoms with Crippen molar-refractivity contribution in [1.82, 2.24) is 15.2 Å². The molecule has 3 rings (SSSR count). The number of aromatic amines is 1. The number of methoxy groups -OCH3 is 3. The molecule has 0 bridgehead atoms. The minimum atomic E-state index is -0.353. The van der Waals surface area contributed by atoms with Gasteiger partial charge < -0.3 is 19.5 Å². The molecule has 0 aliphatic rings. The molecule has 8 nitrogen and oxygen atoms in total. The minimum Gasteiger partial charge on any atom is -0.493 e. The molecule has 2 aromatic heterocycles. The van der Waals surface area contributed by atoms with Gasteiger partial charge >= 0.3 is 0 Å². The van der Waals surface area contributed by atoms with Crippen molar-refractivity contribution in [2.24, 2.45) is 0 Å². The Kier molecular flexibility index (Phi) is 5.02. The fraction of sp³-hybridized carbons (Fsp3) is 0.167. The molecular weight excluding hydrogens is 336 g/mol. The summed E-state index contributed by atoms with van der Waals surface area (Å²) in [6, 6.07) is 10.4. The molecule has 0 spiro atoms. The smallest absolute Gasteiger partial charge is 0.273 e. The third-order valence-corrected chi connectivity index (χ3v) is 3.67. The normalized spacial score (nSPS) is 10.3. The van der Waals surface area contributed by atoms with E-state index in [-0.39, 0.29) is 5.91 Å². The lowest BCUT2D eigenvalue weighted by molar-refractivity contribution is 0.102. The molecule has 134 valence electrons. The van der Waals surface area contributed by atoms with E-state index in [0.717, 1.165) is 0 Å². The number of amides is 1. The molecule has 0 atom stereocenters. The highest BCUT2D eigenvalue weighted by atomic mass is 16.5. The number of anilines is 1. The molecular formula is C18H18N4O4. The number of H-pyrrole nitrogens is 1. The average Bonchev–Trinajstić information content (AvgIpc) is 3.18. The molecule has 8 heteroatoms. The van der Waals surface area contributed by atoms with Gasteiger partial charge in [0.25, 0.3) is 5.91 Å². The number of benzene rings is 1. The van der Waals surface area contributed by atoms with Crippen molar-refractivity contribution in [1.29, 1.82) is 0 Å². The summed E-state index contributed by atoms with van der Waals surface area (Å²) in [5.41, 5.74) is 2.06. The summed E-state index contributed by atoms with van der Waals surface area (Å²) >= 11 is 0. The maximum Gasteiger partial charge on any atom is 0.273 e. The summed E-state index contributed by atoms with van der Waals surface area (Å²) in [4.78, 5) is 16.7. The first-order chi connectivity index (χ1) is 12.7. The van der Waals surface area contributed by atoms with Crippen molar-refractivity contribution in [2.45, 2.75) is 0 Å². The van der Waals surface area contributed by atoms with Gasteiger partial charge in [0.05, 0.1) is 27.0 Å². The predicted molar refractivity (Wildman–Crippen MR) is 95.9 cm³/mol. The lowest BCUT2D eigenvalue weighted by atomic mass is 10.2. The molecule has 0 aliphatic carbocycles. The van der Waals surface area contributed by atoms with Crippen LogP contribution in [-0.2, 0) is 0 Å². The highest BCUT2D eigenvalue weighted by Gasteiger charge is 2.16. The molecule has 0 saturated carbocycles. The van der Waals surface area contributed by atoms with Gasteiger partial charge in [-0.05, 0) is 18.2 Å². The highest BCUT2D eigenvalue weighted by molar-refractivity contribution is 6.03. The molecule has 0 saturated heterocycles. The standard InChI is InChI=1S/C18H18N4O4/c1-24-15-8-11(9-16(25-2)17(15)26-3)20-18(23)14-10-13(21-22-14)12-6-4-5-7-19-12/h4-10H,1-3H3,(H,20,23)(H,21,22). The number of rotatable bonds is 6. The van der Waals surface area contributed by atoms with Gasteiger partial charge in [-0.15, -0.1) is 0 Å². The first kappa shape index (κ1) is 17.3. The summed E-state index contributed by atoms with van der Waals surface area (Å²) in [6.45, 7) is 0. The van der Waals surface area contributed by atoms with Crippen molar-refractivity contribution in [3.63, 3.8) is 0 Å². The SMILES string of the molecule is COc1cc(NC(=O)c2cc(-c3ccccn3)n[nH]2)cc(OC)c1OC. The van der Waals surface area contributed by atoms with Gasteiger partial charge in [-0.25, -0.2) is 0 Å². The number of ether oxygens (including phenoxy) is 3. The summed E-state index contributed by atoms with van der Waals surface area (Å²) in [7, 11) is 4.54. The van der Waals surface area contributed by atoms with E-state index >= 15 is 0 Å². The molecule has 1 aromatic carbocycles. The number of carbonyl (C=O) groups is 1. The second-order valence-electron chi connectivity index (χ2n) is 5.25. The largest absolute Gasteiger partial charge is 0.493 e. The number of hydrogen-bond donors (Lipinski definition) is 2. The van der Waals surface area contributed by atoms with Gasteiger partial charge in [0.15, 0.2) is 11.5 Å². The fourth-order valence-corrected chi connectivity index (χ4v) is 2.44. The van der Waals surface area contributed by atoms with Crippen LogP contribution in [0.4, 0.5) is 5.69 Å². The van der Waals surface area contributed by atoms with E-state index < -0.39 is 0 Å². The van der Waals surface area contributed by atoms with E-state index in [4.69, 9.17) is 14.2 Å². The Morgan fingerprint density at radius 3 is 2.31 bits per heavy atom. The van der Waals surface area contributed by atoms with Crippen LogP contribution >= 0.6 is 0 Å². The highest BCUT2D eigenvalue weighted by Crippen LogP contribution is 2.40. The fourth-order valence-electron chi connectivity index (χ4n) is 2.44. The molecule has 0 radical (unpaired) electrons. The minimum absolute atomic E-state index is 0.305. The predicted octanol–water partition coefficient (Wildman–Crippen LogP) is 2.75. The first-order valence-electron chi connectivity index (χ1n) is 7.74.